The molecule has 4 amide bonds. The van der Waals surface area contributed by atoms with E-state index in [9.17, 15) is 24.6 Å². The van der Waals surface area contributed by atoms with Crippen molar-refractivity contribution in [2.75, 3.05) is 26.2 Å². The van der Waals surface area contributed by atoms with Gasteiger partial charge in [-0.05, 0) is 37.3 Å². The molecule has 1 saturated carbocycles. The minimum atomic E-state index is -2.65. The average molecular weight is 554 g/mol. The lowest BCUT2D eigenvalue weighted by Crippen LogP contribution is -2.78. The SMILES string of the molecule is NC1=N[C@H]2[C@H](CN3C(=O)CN(C4CC4)C3=O)N=C(N)N3CC(NC(=O)c4cccc5c4OCCC5)C(O)(O)[C@]23N1. The maximum Gasteiger partial charge on any atom is 0.327 e. The van der Waals surface area contributed by atoms with E-state index in [1.165, 1.54) is 4.90 Å². The number of hydrogen-bond donors (Lipinski definition) is 6. The Balaban J connectivity index is 1.17. The molecule has 0 bridgehead atoms. The number of guanidine groups is 2. The number of nitrogens with zero attached hydrogens (tertiary/aromatic N) is 5. The van der Waals surface area contributed by atoms with E-state index in [0.29, 0.717) is 12.4 Å². The van der Waals surface area contributed by atoms with Gasteiger partial charge >= 0.3 is 6.03 Å². The summed E-state index contributed by atoms with van der Waals surface area (Å²) in [6.07, 6.45) is 3.33. The highest BCUT2D eigenvalue weighted by Crippen LogP contribution is 2.45. The smallest absolute Gasteiger partial charge is 0.327 e. The normalized spacial score (nSPS) is 32.0. The maximum atomic E-state index is 13.4. The van der Waals surface area contributed by atoms with E-state index in [4.69, 9.17) is 16.2 Å². The van der Waals surface area contributed by atoms with Crippen molar-refractivity contribution in [3.05, 3.63) is 29.3 Å². The van der Waals surface area contributed by atoms with Crippen molar-refractivity contribution in [3.8, 4) is 5.75 Å². The summed E-state index contributed by atoms with van der Waals surface area (Å²) in [5.74, 6) is -3.24. The number of amides is 4. The number of rotatable bonds is 5. The van der Waals surface area contributed by atoms with Crippen LogP contribution in [0, 0.1) is 0 Å². The lowest BCUT2D eigenvalue weighted by atomic mass is 9.84. The molecule has 0 radical (unpaired) electrons. The molecular formula is C25H31N9O6. The van der Waals surface area contributed by atoms with Crippen LogP contribution < -0.4 is 26.8 Å². The van der Waals surface area contributed by atoms with Gasteiger partial charge in [0.2, 0.25) is 11.7 Å². The highest BCUT2D eigenvalue weighted by Gasteiger charge is 2.73. The minimum absolute atomic E-state index is 0.00798. The number of para-hydroxylation sites is 1. The van der Waals surface area contributed by atoms with Crippen molar-refractivity contribution in [1.82, 2.24) is 25.3 Å². The van der Waals surface area contributed by atoms with Gasteiger partial charge in [-0.2, -0.15) is 0 Å². The first-order valence-corrected chi connectivity index (χ1v) is 13.5. The fourth-order valence-corrected chi connectivity index (χ4v) is 6.64. The van der Waals surface area contributed by atoms with Gasteiger partial charge < -0.3 is 46.9 Å². The van der Waals surface area contributed by atoms with Crippen molar-refractivity contribution in [3.63, 3.8) is 0 Å². The first-order valence-electron chi connectivity index (χ1n) is 13.5. The largest absolute Gasteiger partial charge is 0.492 e. The highest BCUT2D eigenvalue weighted by atomic mass is 16.5. The zero-order chi connectivity index (χ0) is 28.0. The van der Waals surface area contributed by atoms with Gasteiger partial charge in [0.25, 0.3) is 5.91 Å². The Labute approximate surface area is 228 Å². The standard InChI is InChI=1S/C25H31N9O6/c26-21-30-19-15(9-33-17(35)11-32(23(33)37)13-6-7-13)28-22(27)34-10-16(25(38,39)24(19,34)31-21)29-20(36)14-5-1-3-12-4-2-8-40-18(12)14/h1,3,5,13,15-16,19,38-39H,2,4,6-11H2,(H2,27,28)(H,29,36)(H3,26,30,31)/t15-,16?,19-,24-/m0/s1. The molecule has 15 heteroatoms. The van der Waals surface area contributed by atoms with Crippen LogP contribution in [0.2, 0.25) is 0 Å². The van der Waals surface area contributed by atoms with Gasteiger partial charge in [-0.1, -0.05) is 12.1 Å². The quantitative estimate of drug-likeness (QED) is 0.163. The van der Waals surface area contributed by atoms with Gasteiger partial charge in [0.1, 0.15) is 24.4 Å². The third-order valence-corrected chi connectivity index (χ3v) is 8.73. The molecule has 4 atom stereocenters. The molecule has 1 aromatic carbocycles. The molecule has 5 heterocycles. The Hall–Kier alpha value is -4.11. The van der Waals surface area contributed by atoms with E-state index < -0.39 is 41.5 Å². The molecule has 1 aromatic rings. The van der Waals surface area contributed by atoms with Crippen molar-refractivity contribution >= 4 is 29.8 Å². The van der Waals surface area contributed by atoms with Gasteiger partial charge in [-0.3, -0.25) is 14.5 Å². The second kappa shape index (κ2) is 8.44. The fourth-order valence-electron chi connectivity index (χ4n) is 6.64. The molecule has 8 N–H and O–H groups in total. The monoisotopic (exact) mass is 553 g/mol. The van der Waals surface area contributed by atoms with Gasteiger partial charge in [0.05, 0.1) is 24.8 Å². The fraction of sp³-hybridized carbons (Fsp3) is 0.560. The van der Waals surface area contributed by atoms with Crippen LogP contribution in [0.4, 0.5) is 4.79 Å². The number of nitrogens with two attached hydrogens (primary N) is 2. The van der Waals surface area contributed by atoms with Gasteiger partial charge in [0.15, 0.2) is 17.6 Å². The number of hydrogen-bond acceptors (Lipinski definition) is 12. The number of urea groups is 1. The number of aliphatic hydroxyl groups is 2. The van der Waals surface area contributed by atoms with Crippen LogP contribution >= 0.6 is 0 Å². The zero-order valence-corrected chi connectivity index (χ0v) is 21.6. The number of fused-ring (bicyclic) bond motifs is 1. The van der Waals surface area contributed by atoms with E-state index in [0.717, 1.165) is 36.1 Å². The Kier molecular flexibility index (Phi) is 5.26. The van der Waals surface area contributed by atoms with Gasteiger partial charge in [-0.25, -0.2) is 14.8 Å². The van der Waals surface area contributed by atoms with Crippen LogP contribution in [0.5, 0.6) is 5.75 Å². The third-order valence-electron chi connectivity index (χ3n) is 8.73. The lowest BCUT2D eigenvalue weighted by molar-refractivity contribution is -0.230. The number of ether oxygens (including phenoxy) is 1. The number of aliphatic imine (C=N–C) groups is 2. The average Bonchev–Trinajstić information content (AvgIpc) is 3.59. The predicted molar refractivity (Wildman–Crippen MR) is 139 cm³/mol. The molecule has 1 aliphatic carbocycles. The topological polar surface area (TPSA) is 211 Å². The number of imide groups is 1. The Bertz CT molecular complexity index is 1380. The van der Waals surface area contributed by atoms with E-state index >= 15 is 0 Å². The number of benzene rings is 1. The minimum Gasteiger partial charge on any atom is -0.492 e. The number of nitrogens with one attached hydrogen (secondary N) is 2. The summed E-state index contributed by atoms with van der Waals surface area (Å²) >= 11 is 0. The molecule has 15 nitrogen and oxygen atoms in total. The summed E-state index contributed by atoms with van der Waals surface area (Å²) in [7, 11) is 0. The molecule has 212 valence electrons. The van der Waals surface area contributed by atoms with Crippen LogP contribution in [0.3, 0.4) is 0 Å². The van der Waals surface area contributed by atoms with Crippen LogP contribution in [-0.2, 0) is 11.2 Å². The molecule has 3 fully saturated rings. The molecular weight excluding hydrogens is 522 g/mol. The number of aryl methyl sites for hydroxylation is 1. The molecule has 2 saturated heterocycles. The van der Waals surface area contributed by atoms with E-state index in [-0.39, 0.29) is 49.1 Å². The summed E-state index contributed by atoms with van der Waals surface area (Å²) in [5.41, 5.74) is 11.8. The van der Waals surface area contributed by atoms with Gasteiger partial charge in [0, 0.05) is 12.6 Å². The van der Waals surface area contributed by atoms with Crippen molar-refractivity contribution in [1.29, 1.82) is 0 Å². The summed E-state index contributed by atoms with van der Waals surface area (Å²) < 4.78 is 5.76. The van der Waals surface area contributed by atoms with Crippen LogP contribution in [0.25, 0.3) is 0 Å². The van der Waals surface area contributed by atoms with E-state index in [1.54, 1.807) is 17.0 Å². The van der Waals surface area contributed by atoms with E-state index in [2.05, 4.69) is 20.6 Å². The molecule has 7 rings (SSSR count). The Morgan fingerprint density at radius 2 is 2.02 bits per heavy atom. The molecule has 1 spiro atoms. The zero-order valence-electron chi connectivity index (χ0n) is 21.6. The van der Waals surface area contributed by atoms with E-state index in [1.807, 2.05) is 6.07 Å². The lowest BCUT2D eigenvalue weighted by Gasteiger charge is -2.49. The Morgan fingerprint density at radius 1 is 1.23 bits per heavy atom. The first kappa shape index (κ1) is 24.9. The third kappa shape index (κ3) is 3.40. The molecule has 1 unspecified atom stereocenters. The second-order valence-electron chi connectivity index (χ2n) is 11.2. The molecule has 0 aromatic heterocycles. The molecule has 6 aliphatic rings. The second-order valence-corrected chi connectivity index (χ2v) is 11.2. The summed E-state index contributed by atoms with van der Waals surface area (Å²) in [6.45, 7) is 0.186. The van der Waals surface area contributed by atoms with Crippen molar-refractivity contribution in [2.45, 2.75) is 61.3 Å². The predicted octanol–water partition coefficient (Wildman–Crippen LogP) is -2.79. The number of carbonyl (C=O) groups excluding carboxylic acids is 3. The van der Waals surface area contributed by atoms with Gasteiger partial charge in [-0.15, -0.1) is 0 Å². The number of carbonyl (C=O) groups is 3. The summed E-state index contributed by atoms with van der Waals surface area (Å²) in [4.78, 5) is 52.1. The first-order chi connectivity index (χ1) is 19.1. The molecule has 5 aliphatic heterocycles. The van der Waals surface area contributed by atoms with Crippen molar-refractivity contribution < 1.29 is 29.3 Å². The van der Waals surface area contributed by atoms with Crippen LogP contribution in [0.1, 0.15) is 35.2 Å². The maximum absolute atomic E-state index is 13.4. The Morgan fingerprint density at radius 3 is 2.80 bits per heavy atom. The summed E-state index contributed by atoms with van der Waals surface area (Å²) in [6, 6.07) is 1.72. The van der Waals surface area contributed by atoms with Crippen LogP contribution in [-0.4, -0.2) is 117 Å². The highest BCUT2D eigenvalue weighted by molar-refractivity contribution is 6.02. The van der Waals surface area contributed by atoms with Crippen molar-refractivity contribution in [2.24, 2.45) is 21.5 Å². The van der Waals surface area contributed by atoms with Crippen LogP contribution in [0.15, 0.2) is 28.2 Å². The molecule has 40 heavy (non-hydrogen) atoms. The summed E-state index contributed by atoms with van der Waals surface area (Å²) in [5, 5.41) is 29.0.